The Morgan fingerprint density at radius 3 is 2.55 bits per heavy atom. The van der Waals surface area contributed by atoms with Crippen LogP contribution in [0, 0.1) is 27.7 Å². The van der Waals surface area contributed by atoms with E-state index in [0.717, 1.165) is 64.9 Å². The second-order valence-electron chi connectivity index (χ2n) is 8.08. The summed E-state index contributed by atoms with van der Waals surface area (Å²) in [6.45, 7) is 13.0. The van der Waals surface area contributed by atoms with Crippen LogP contribution in [0.2, 0.25) is 0 Å². The average Bonchev–Trinajstić information content (AvgIpc) is 3.18. The van der Waals surface area contributed by atoms with E-state index in [2.05, 4.69) is 30.9 Å². The van der Waals surface area contributed by atoms with Crippen LogP contribution < -0.4 is 4.90 Å². The molecule has 4 rings (SSSR count). The number of carbonyl (C=O) groups excluding carboxylic acids is 1. The third-order valence-electron chi connectivity index (χ3n) is 5.92. The molecule has 1 aromatic heterocycles. The molecule has 31 heavy (non-hydrogen) atoms. The SMILES string of the molecule is Cc1ccc(C)c(C(=O)N(CCN2CCOCC2)c2nc3c(C)c(C)ccc3s2)c1.Cl. The number of carbonyl (C=O) groups is 1. The predicted octanol–water partition coefficient (Wildman–Crippen LogP) is 4.93. The van der Waals surface area contributed by atoms with Gasteiger partial charge in [-0.1, -0.05) is 35.1 Å². The van der Waals surface area contributed by atoms with E-state index in [1.807, 2.05) is 36.9 Å². The van der Waals surface area contributed by atoms with E-state index >= 15 is 0 Å². The van der Waals surface area contributed by atoms with Crippen molar-refractivity contribution in [3.63, 3.8) is 0 Å². The number of anilines is 1. The number of aryl methyl sites for hydroxylation is 4. The molecule has 5 nitrogen and oxygen atoms in total. The average molecular weight is 460 g/mol. The second-order valence-corrected chi connectivity index (χ2v) is 9.09. The lowest BCUT2D eigenvalue weighted by Crippen LogP contribution is -2.43. The van der Waals surface area contributed by atoms with Gasteiger partial charge < -0.3 is 4.74 Å². The number of fused-ring (bicyclic) bond motifs is 1. The first-order valence-electron chi connectivity index (χ1n) is 10.5. The Labute approximate surface area is 194 Å². The maximum Gasteiger partial charge on any atom is 0.260 e. The molecule has 2 heterocycles. The predicted molar refractivity (Wildman–Crippen MR) is 131 cm³/mol. The lowest BCUT2D eigenvalue weighted by molar-refractivity contribution is 0.0391. The molecule has 0 spiro atoms. The van der Waals surface area contributed by atoms with Gasteiger partial charge >= 0.3 is 0 Å². The summed E-state index contributed by atoms with van der Waals surface area (Å²) in [5, 5.41) is 0.776. The van der Waals surface area contributed by atoms with Gasteiger partial charge in [0.2, 0.25) is 0 Å². The van der Waals surface area contributed by atoms with Gasteiger partial charge in [0.1, 0.15) is 0 Å². The highest BCUT2D eigenvalue weighted by molar-refractivity contribution is 7.22. The van der Waals surface area contributed by atoms with Crippen molar-refractivity contribution in [3.8, 4) is 0 Å². The zero-order valence-electron chi connectivity index (χ0n) is 18.6. The first-order valence-corrected chi connectivity index (χ1v) is 11.3. The van der Waals surface area contributed by atoms with Crippen molar-refractivity contribution in [1.82, 2.24) is 9.88 Å². The van der Waals surface area contributed by atoms with Crippen LogP contribution in [0.1, 0.15) is 32.6 Å². The van der Waals surface area contributed by atoms with Crippen LogP contribution in [-0.2, 0) is 4.74 Å². The Balaban J connectivity index is 0.00000272. The molecule has 1 fully saturated rings. The van der Waals surface area contributed by atoms with E-state index in [-0.39, 0.29) is 18.3 Å². The summed E-state index contributed by atoms with van der Waals surface area (Å²) < 4.78 is 6.59. The fourth-order valence-corrected chi connectivity index (χ4v) is 4.84. The quantitative estimate of drug-likeness (QED) is 0.542. The van der Waals surface area contributed by atoms with Gasteiger partial charge in [-0.2, -0.15) is 0 Å². The molecular formula is C24H30ClN3O2S. The number of rotatable bonds is 5. The summed E-state index contributed by atoms with van der Waals surface area (Å²) in [6.07, 6.45) is 0. The minimum Gasteiger partial charge on any atom is -0.379 e. The molecule has 0 radical (unpaired) electrons. The molecule has 0 unspecified atom stereocenters. The van der Waals surface area contributed by atoms with Crippen molar-refractivity contribution >= 4 is 45.0 Å². The van der Waals surface area contributed by atoms with Gasteiger partial charge in [0.25, 0.3) is 5.91 Å². The number of nitrogens with zero attached hydrogens (tertiary/aromatic N) is 3. The van der Waals surface area contributed by atoms with Crippen LogP contribution in [-0.4, -0.2) is 55.2 Å². The van der Waals surface area contributed by atoms with Gasteiger partial charge in [-0.25, -0.2) is 4.98 Å². The van der Waals surface area contributed by atoms with E-state index in [4.69, 9.17) is 9.72 Å². The Morgan fingerprint density at radius 1 is 1.10 bits per heavy atom. The van der Waals surface area contributed by atoms with E-state index in [1.54, 1.807) is 11.3 Å². The Morgan fingerprint density at radius 2 is 1.81 bits per heavy atom. The number of ether oxygens (including phenoxy) is 1. The first kappa shape index (κ1) is 23.7. The van der Waals surface area contributed by atoms with Crippen molar-refractivity contribution in [2.75, 3.05) is 44.3 Å². The minimum atomic E-state index is 0. The molecule has 2 aromatic carbocycles. The maximum atomic E-state index is 13.7. The number of morpholine rings is 1. The summed E-state index contributed by atoms with van der Waals surface area (Å²) in [4.78, 5) is 22.8. The normalized spacial score (nSPS) is 14.5. The number of aromatic nitrogens is 1. The monoisotopic (exact) mass is 459 g/mol. The standard InChI is InChI=1S/C24H29N3O2S.ClH/c1-16-5-6-18(3)20(15-16)23(28)27(10-9-26-11-13-29-14-12-26)24-25-22-19(4)17(2)7-8-21(22)30-24;/h5-8,15H,9-14H2,1-4H3;1H. The molecule has 0 atom stereocenters. The number of hydrogen-bond acceptors (Lipinski definition) is 5. The zero-order chi connectivity index (χ0) is 21.3. The lowest BCUT2D eigenvalue weighted by atomic mass is 10.0. The fourth-order valence-electron chi connectivity index (χ4n) is 3.79. The van der Waals surface area contributed by atoms with Crippen molar-refractivity contribution in [2.24, 2.45) is 0 Å². The molecule has 1 saturated heterocycles. The maximum absolute atomic E-state index is 13.7. The summed E-state index contributed by atoms with van der Waals surface area (Å²) >= 11 is 1.60. The molecule has 166 valence electrons. The third-order valence-corrected chi connectivity index (χ3v) is 6.96. The van der Waals surface area contributed by atoms with Gasteiger partial charge in [0.15, 0.2) is 5.13 Å². The third kappa shape index (κ3) is 5.09. The summed E-state index contributed by atoms with van der Waals surface area (Å²) in [6, 6.07) is 10.3. The topological polar surface area (TPSA) is 45.7 Å². The van der Waals surface area contributed by atoms with E-state index < -0.39 is 0 Å². The fraction of sp³-hybridized carbons (Fsp3) is 0.417. The first-order chi connectivity index (χ1) is 14.4. The van der Waals surface area contributed by atoms with Gasteiger partial charge in [0, 0.05) is 31.7 Å². The molecule has 3 aromatic rings. The molecule has 1 aliphatic rings. The molecule has 0 aliphatic carbocycles. The number of benzene rings is 2. The van der Waals surface area contributed by atoms with Gasteiger partial charge in [0.05, 0.1) is 23.4 Å². The summed E-state index contributed by atoms with van der Waals surface area (Å²) in [5.74, 6) is 0.0258. The molecule has 0 N–H and O–H groups in total. The smallest absolute Gasteiger partial charge is 0.260 e. The van der Waals surface area contributed by atoms with Gasteiger partial charge in [-0.3, -0.25) is 14.6 Å². The summed E-state index contributed by atoms with van der Waals surface area (Å²) in [5.41, 5.74) is 6.25. The number of thiazole rings is 1. The van der Waals surface area contributed by atoms with Gasteiger partial charge in [-0.15, -0.1) is 12.4 Å². The Kier molecular flexibility index (Phi) is 7.70. The van der Waals surface area contributed by atoms with E-state index in [9.17, 15) is 4.79 Å². The van der Waals surface area contributed by atoms with Crippen LogP contribution in [0.4, 0.5) is 5.13 Å². The number of amides is 1. The van der Waals surface area contributed by atoms with E-state index in [0.29, 0.717) is 6.54 Å². The highest BCUT2D eigenvalue weighted by Crippen LogP contribution is 2.33. The Hall–Kier alpha value is -1.99. The number of hydrogen-bond donors (Lipinski definition) is 0. The zero-order valence-corrected chi connectivity index (χ0v) is 20.2. The second kappa shape index (κ2) is 10.1. The molecule has 7 heteroatoms. The largest absolute Gasteiger partial charge is 0.379 e. The van der Waals surface area contributed by atoms with Crippen molar-refractivity contribution < 1.29 is 9.53 Å². The van der Waals surface area contributed by atoms with Crippen LogP contribution in [0.25, 0.3) is 10.2 Å². The molecule has 0 bridgehead atoms. The Bertz CT molecular complexity index is 1080. The molecule has 1 aliphatic heterocycles. The van der Waals surface area contributed by atoms with Gasteiger partial charge in [-0.05, 0) is 56.5 Å². The van der Waals surface area contributed by atoms with Crippen LogP contribution >= 0.6 is 23.7 Å². The number of halogens is 1. The van der Waals surface area contributed by atoms with Crippen LogP contribution in [0.15, 0.2) is 30.3 Å². The molecule has 1 amide bonds. The highest BCUT2D eigenvalue weighted by Gasteiger charge is 2.24. The van der Waals surface area contributed by atoms with E-state index in [1.165, 1.54) is 11.1 Å². The minimum absolute atomic E-state index is 0. The molecular weight excluding hydrogens is 430 g/mol. The van der Waals surface area contributed by atoms with Crippen LogP contribution in [0.3, 0.4) is 0 Å². The van der Waals surface area contributed by atoms with Crippen LogP contribution in [0.5, 0.6) is 0 Å². The van der Waals surface area contributed by atoms with Crippen molar-refractivity contribution in [3.05, 3.63) is 58.1 Å². The highest BCUT2D eigenvalue weighted by atomic mass is 35.5. The molecule has 0 saturated carbocycles. The summed E-state index contributed by atoms with van der Waals surface area (Å²) in [7, 11) is 0. The van der Waals surface area contributed by atoms with Crippen molar-refractivity contribution in [1.29, 1.82) is 0 Å². The lowest BCUT2D eigenvalue weighted by Gasteiger charge is -2.29. The van der Waals surface area contributed by atoms with Crippen molar-refractivity contribution in [2.45, 2.75) is 27.7 Å².